The lowest BCUT2D eigenvalue weighted by Gasteiger charge is -2.10. The lowest BCUT2D eigenvalue weighted by atomic mass is 10.0. The van der Waals surface area contributed by atoms with Crippen molar-refractivity contribution in [3.8, 4) is 22.6 Å². The van der Waals surface area contributed by atoms with E-state index in [1.165, 1.54) is 0 Å². The molecule has 0 radical (unpaired) electrons. The van der Waals surface area contributed by atoms with Gasteiger partial charge in [0.15, 0.2) is 11.5 Å². The molecule has 6 nitrogen and oxygen atoms in total. The molecule has 0 spiro atoms. The van der Waals surface area contributed by atoms with Gasteiger partial charge in [-0.25, -0.2) is 0 Å². The van der Waals surface area contributed by atoms with Crippen molar-refractivity contribution in [2.75, 3.05) is 20.8 Å². The number of carbonyl (C=O) groups is 2. The molecule has 0 saturated heterocycles. The van der Waals surface area contributed by atoms with E-state index in [-0.39, 0.29) is 0 Å². The first-order valence-corrected chi connectivity index (χ1v) is 10.8. The highest BCUT2D eigenvalue weighted by Crippen LogP contribution is 2.30. The van der Waals surface area contributed by atoms with E-state index in [2.05, 4.69) is 5.32 Å². The topological polar surface area (TPSA) is 69.0 Å². The van der Waals surface area contributed by atoms with Crippen LogP contribution in [0.15, 0.2) is 72.9 Å². The number of ketones is 1. The van der Waals surface area contributed by atoms with Gasteiger partial charge in [0, 0.05) is 28.8 Å². The number of hydrogen-bond donors (Lipinski definition) is 1. The van der Waals surface area contributed by atoms with Gasteiger partial charge in [-0.05, 0) is 60.0 Å². The van der Waals surface area contributed by atoms with E-state index in [0.717, 1.165) is 16.6 Å². The molecule has 2 heterocycles. The van der Waals surface area contributed by atoms with Crippen LogP contribution < -0.4 is 14.8 Å². The molecular formula is C26H23ClN2O4. The maximum Gasteiger partial charge on any atom is 0.294 e. The van der Waals surface area contributed by atoms with Crippen LogP contribution in [0.3, 0.4) is 0 Å². The van der Waals surface area contributed by atoms with Crippen molar-refractivity contribution in [1.29, 1.82) is 0 Å². The number of amides is 1. The molecule has 0 bridgehead atoms. The lowest BCUT2D eigenvalue weighted by Crippen LogP contribution is -2.33. The van der Waals surface area contributed by atoms with Crippen LogP contribution in [0.2, 0.25) is 5.02 Å². The molecule has 0 atom stereocenters. The largest absolute Gasteiger partial charge is 0.493 e. The molecule has 0 aliphatic carbocycles. The molecule has 0 unspecified atom stereocenters. The Morgan fingerprint density at radius 2 is 1.70 bits per heavy atom. The summed E-state index contributed by atoms with van der Waals surface area (Å²) in [7, 11) is 3.15. The molecule has 0 aliphatic rings. The van der Waals surface area contributed by atoms with E-state index in [9.17, 15) is 9.59 Å². The van der Waals surface area contributed by atoms with Crippen molar-refractivity contribution < 1.29 is 19.1 Å². The summed E-state index contributed by atoms with van der Waals surface area (Å²) in [5, 5.41) is 3.34. The fraction of sp³-hybridized carbons (Fsp3) is 0.154. The fourth-order valence-electron chi connectivity index (χ4n) is 3.75. The Bertz CT molecular complexity index is 1310. The summed E-state index contributed by atoms with van der Waals surface area (Å²) >= 11 is 6.02. The number of aromatic nitrogens is 1. The van der Waals surface area contributed by atoms with Crippen LogP contribution in [0, 0.1) is 0 Å². The second kappa shape index (κ2) is 9.79. The van der Waals surface area contributed by atoms with Crippen molar-refractivity contribution in [3.05, 3.63) is 89.2 Å². The van der Waals surface area contributed by atoms with Crippen LogP contribution in [0.4, 0.5) is 0 Å². The van der Waals surface area contributed by atoms with Crippen LogP contribution in [0.1, 0.15) is 16.1 Å². The Labute approximate surface area is 196 Å². The molecule has 168 valence electrons. The summed E-state index contributed by atoms with van der Waals surface area (Å²) in [6, 6.07) is 20.3. The van der Waals surface area contributed by atoms with Gasteiger partial charge in [-0.15, -0.1) is 0 Å². The highest BCUT2D eigenvalue weighted by molar-refractivity contribution is 6.43. The zero-order valence-corrected chi connectivity index (χ0v) is 19.1. The van der Waals surface area contributed by atoms with E-state index < -0.39 is 11.7 Å². The third-order valence-corrected chi connectivity index (χ3v) is 5.66. The van der Waals surface area contributed by atoms with Crippen LogP contribution in [0.25, 0.3) is 16.6 Å². The number of fused-ring (bicyclic) bond motifs is 1. The molecule has 1 N–H and O–H groups in total. The summed E-state index contributed by atoms with van der Waals surface area (Å²) in [5.74, 6) is -0.00651. The number of nitrogens with zero attached hydrogens (tertiary/aromatic N) is 1. The summed E-state index contributed by atoms with van der Waals surface area (Å²) in [6.45, 7) is 0.305. The number of rotatable bonds is 8. The van der Waals surface area contributed by atoms with Gasteiger partial charge in [-0.3, -0.25) is 9.59 Å². The Balaban J connectivity index is 1.54. The standard InChI is InChI=1S/C26H23ClN2O4/c1-32-22-11-6-17(15-23(22)33-2)12-13-28-26(31)25(30)24-21(18-7-9-19(27)10-8-18)16-20-5-3-4-14-29(20)24/h3-11,14-16H,12-13H2,1-2H3,(H,28,31). The van der Waals surface area contributed by atoms with Gasteiger partial charge in [0.05, 0.1) is 14.2 Å². The van der Waals surface area contributed by atoms with Gasteiger partial charge < -0.3 is 19.2 Å². The van der Waals surface area contributed by atoms with Crippen molar-refractivity contribution >= 4 is 28.8 Å². The quantitative estimate of drug-likeness (QED) is 0.301. The summed E-state index contributed by atoms with van der Waals surface area (Å²) in [5.41, 5.74) is 3.58. The minimum atomic E-state index is -0.658. The predicted molar refractivity (Wildman–Crippen MR) is 128 cm³/mol. The van der Waals surface area contributed by atoms with Gasteiger partial charge in [0.1, 0.15) is 5.69 Å². The van der Waals surface area contributed by atoms with Gasteiger partial charge >= 0.3 is 0 Å². The average Bonchev–Trinajstić information content (AvgIpc) is 3.23. The maximum atomic E-state index is 13.2. The normalized spacial score (nSPS) is 10.8. The van der Waals surface area contributed by atoms with E-state index in [1.54, 1.807) is 36.9 Å². The zero-order valence-electron chi connectivity index (χ0n) is 18.3. The van der Waals surface area contributed by atoms with Gasteiger partial charge in [0.2, 0.25) is 0 Å². The summed E-state index contributed by atoms with van der Waals surface area (Å²) in [6.07, 6.45) is 2.32. The van der Waals surface area contributed by atoms with E-state index in [1.807, 2.05) is 54.6 Å². The molecule has 1 amide bonds. The molecule has 2 aromatic carbocycles. The molecular weight excluding hydrogens is 440 g/mol. The fourth-order valence-corrected chi connectivity index (χ4v) is 3.88. The predicted octanol–water partition coefficient (Wildman–Crippen LogP) is 4.82. The highest BCUT2D eigenvalue weighted by atomic mass is 35.5. The molecule has 2 aromatic heterocycles. The molecule has 0 saturated carbocycles. The number of halogens is 1. The van der Waals surface area contributed by atoms with Crippen LogP contribution in [-0.2, 0) is 11.2 Å². The minimum Gasteiger partial charge on any atom is -0.493 e. The molecule has 33 heavy (non-hydrogen) atoms. The molecule has 4 rings (SSSR count). The van der Waals surface area contributed by atoms with Crippen LogP contribution >= 0.6 is 11.6 Å². The number of Topliss-reactive ketones (excluding diaryl/α,β-unsaturated/α-hetero) is 1. The summed E-state index contributed by atoms with van der Waals surface area (Å²) in [4.78, 5) is 26.0. The van der Waals surface area contributed by atoms with Gasteiger partial charge in [-0.1, -0.05) is 35.9 Å². The molecule has 7 heteroatoms. The Kier molecular flexibility index (Phi) is 6.66. The maximum absolute atomic E-state index is 13.2. The average molecular weight is 463 g/mol. The molecule has 0 fully saturated rings. The molecule has 4 aromatic rings. The Hall–Kier alpha value is -3.77. The minimum absolute atomic E-state index is 0.305. The van der Waals surface area contributed by atoms with Crippen molar-refractivity contribution in [3.63, 3.8) is 0 Å². The smallest absolute Gasteiger partial charge is 0.294 e. The van der Waals surface area contributed by atoms with Crippen molar-refractivity contribution in [2.45, 2.75) is 6.42 Å². The number of hydrogen-bond acceptors (Lipinski definition) is 4. The third kappa shape index (κ3) is 4.71. The number of ether oxygens (including phenoxy) is 2. The van der Waals surface area contributed by atoms with Crippen molar-refractivity contribution in [2.24, 2.45) is 0 Å². The highest BCUT2D eigenvalue weighted by Gasteiger charge is 2.24. The Morgan fingerprint density at radius 1 is 0.939 bits per heavy atom. The van der Waals surface area contributed by atoms with Crippen molar-refractivity contribution in [1.82, 2.24) is 9.72 Å². The second-order valence-electron chi connectivity index (χ2n) is 7.43. The number of carbonyl (C=O) groups excluding carboxylic acids is 2. The van der Waals surface area contributed by atoms with E-state index >= 15 is 0 Å². The first kappa shape index (κ1) is 22.4. The van der Waals surface area contributed by atoms with Gasteiger partial charge in [-0.2, -0.15) is 0 Å². The van der Waals surface area contributed by atoms with E-state index in [4.69, 9.17) is 21.1 Å². The SMILES string of the molecule is COc1ccc(CCNC(=O)C(=O)c2c(-c3ccc(Cl)cc3)cc3ccccn23)cc1OC. The number of nitrogens with one attached hydrogen (secondary N) is 1. The van der Waals surface area contributed by atoms with Crippen LogP contribution in [-0.4, -0.2) is 36.9 Å². The second-order valence-corrected chi connectivity index (χ2v) is 7.87. The van der Waals surface area contributed by atoms with Gasteiger partial charge in [0.25, 0.3) is 11.7 Å². The summed E-state index contributed by atoms with van der Waals surface area (Å²) < 4.78 is 12.3. The third-order valence-electron chi connectivity index (χ3n) is 5.40. The number of benzene rings is 2. The lowest BCUT2D eigenvalue weighted by molar-refractivity contribution is -0.117. The zero-order chi connectivity index (χ0) is 23.4. The van der Waals surface area contributed by atoms with Crippen LogP contribution in [0.5, 0.6) is 11.5 Å². The molecule has 0 aliphatic heterocycles. The first-order chi connectivity index (χ1) is 16.0. The monoisotopic (exact) mass is 462 g/mol. The van der Waals surface area contributed by atoms with E-state index in [0.29, 0.717) is 40.7 Å². The first-order valence-electron chi connectivity index (χ1n) is 10.4. The number of pyridine rings is 1. The number of methoxy groups -OCH3 is 2. The Morgan fingerprint density at radius 3 is 2.42 bits per heavy atom.